The largest absolute Gasteiger partial charge is 0.437 e. The molecule has 0 spiro atoms. The zero-order valence-corrected chi connectivity index (χ0v) is 21.3. The van der Waals surface area contributed by atoms with E-state index in [1.54, 1.807) is 18.5 Å². The van der Waals surface area contributed by atoms with E-state index in [4.69, 9.17) is 4.74 Å². The first-order chi connectivity index (χ1) is 16.9. The molecule has 3 atom stereocenters. The van der Waals surface area contributed by atoms with Gasteiger partial charge in [0.05, 0.1) is 18.8 Å². The van der Waals surface area contributed by atoms with E-state index in [9.17, 15) is 26.4 Å². The molecule has 2 fully saturated rings. The van der Waals surface area contributed by atoms with E-state index in [1.807, 2.05) is 4.90 Å². The van der Waals surface area contributed by atoms with Gasteiger partial charge in [-0.15, -0.1) is 0 Å². The Kier molecular flexibility index (Phi) is 9.35. The second kappa shape index (κ2) is 11.9. The average molecular weight is 539 g/mol. The molecule has 1 N–H and O–H groups in total. The fourth-order valence-corrected chi connectivity index (χ4v) is 4.99. The minimum absolute atomic E-state index is 0.0530. The summed E-state index contributed by atoms with van der Waals surface area (Å²) < 4.78 is 78.2. The van der Waals surface area contributed by atoms with Gasteiger partial charge in [0.1, 0.15) is 0 Å². The number of hydrogen-bond acceptors (Lipinski definition) is 8. The third-order valence-corrected chi connectivity index (χ3v) is 7.87. The van der Waals surface area contributed by atoms with Crippen molar-refractivity contribution in [1.82, 2.24) is 23.9 Å². The minimum atomic E-state index is -4.71. The van der Waals surface area contributed by atoms with Crippen LogP contribution in [-0.4, -0.2) is 104 Å². The number of amides is 1. The van der Waals surface area contributed by atoms with Gasteiger partial charge in [0.15, 0.2) is 6.10 Å². The Bertz CT molecular complexity index is 961. The van der Waals surface area contributed by atoms with E-state index in [2.05, 4.69) is 19.4 Å². The Labute approximate surface area is 209 Å². The van der Waals surface area contributed by atoms with Gasteiger partial charge in [0.25, 0.3) is 10.2 Å². The molecule has 1 amide bonds. The molecule has 0 saturated carbocycles. The van der Waals surface area contributed by atoms with Crippen LogP contribution in [0.25, 0.3) is 0 Å². The van der Waals surface area contributed by atoms with Gasteiger partial charge >= 0.3 is 12.3 Å². The Morgan fingerprint density at radius 1 is 1.19 bits per heavy atom. The van der Waals surface area contributed by atoms with Crippen LogP contribution in [0.15, 0.2) is 18.5 Å². The highest BCUT2D eigenvalue weighted by Crippen LogP contribution is 2.26. The number of nitrogens with one attached hydrogen (secondary N) is 1. The molecular weight excluding hydrogens is 505 g/mol. The number of carbonyl (C=O) groups excluding carboxylic acids is 1. The maximum atomic E-state index is 13.0. The lowest BCUT2D eigenvalue weighted by Gasteiger charge is -2.42. The summed E-state index contributed by atoms with van der Waals surface area (Å²) in [6, 6.07) is 0.145. The fraction of sp³-hybridized carbons (Fsp3) is 0.762. The van der Waals surface area contributed by atoms with Crippen molar-refractivity contribution in [3.8, 4) is 0 Å². The molecule has 204 valence electrons. The van der Waals surface area contributed by atoms with Gasteiger partial charge in [-0.1, -0.05) is 0 Å². The summed E-state index contributed by atoms with van der Waals surface area (Å²) in [5.74, 6) is 0.620. The highest BCUT2D eigenvalue weighted by molar-refractivity contribution is 7.87. The molecule has 36 heavy (non-hydrogen) atoms. The highest BCUT2D eigenvalue weighted by Gasteiger charge is 2.43. The number of ether oxygens (including phenoxy) is 2. The molecule has 0 radical (unpaired) electrons. The van der Waals surface area contributed by atoms with Crippen LogP contribution in [0.5, 0.6) is 0 Å². The van der Waals surface area contributed by atoms with Gasteiger partial charge in [-0.05, 0) is 38.7 Å². The molecular formula is C21H33F3N6O5S. The Morgan fingerprint density at radius 3 is 2.42 bits per heavy atom. The smallest absolute Gasteiger partial charge is 0.425 e. The number of anilines is 1. The summed E-state index contributed by atoms with van der Waals surface area (Å²) in [5, 5.41) is 0. The maximum Gasteiger partial charge on any atom is 0.425 e. The number of piperidine rings is 2. The van der Waals surface area contributed by atoms with Gasteiger partial charge in [0.2, 0.25) is 5.95 Å². The molecule has 11 nitrogen and oxygen atoms in total. The predicted molar refractivity (Wildman–Crippen MR) is 124 cm³/mol. The topological polar surface area (TPSA) is 117 Å². The summed E-state index contributed by atoms with van der Waals surface area (Å²) in [6.45, 7) is 2.11. The number of likely N-dealkylation sites (tertiary alicyclic amines) is 1. The van der Waals surface area contributed by atoms with Crippen molar-refractivity contribution in [2.75, 3.05) is 45.2 Å². The lowest BCUT2D eigenvalue weighted by molar-refractivity contribution is -0.200. The van der Waals surface area contributed by atoms with Gasteiger partial charge in [-0.25, -0.2) is 14.8 Å². The normalized spacial score (nSPS) is 23.1. The quantitative estimate of drug-likeness (QED) is 0.533. The van der Waals surface area contributed by atoms with Gasteiger partial charge < -0.3 is 19.3 Å². The summed E-state index contributed by atoms with van der Waals surface area (Å²) >= 11 is 0. The number of halogens is 3. The number of nitrogens with zero attached hydrogens (tertiary/aromatic N) is 5. The van der Waals surface area contributed by atoms with Crippen LogP contribution in [0.1, 0.15) is 32.6 Å². The second-order valence-corrected chi connectivity index (χ2v) is 11.0. The van der Waals surface area contributed by atoms with Crippen LogP contribution < -0.4 is 9.62 Å². The Balaban J connectivity index is 1.68. The third-order valence-electron chi connectivity index (χ3n) is 6.31. The lowest BCUT2D eigenvalue weighted by Crippen LogP contribution is -2.60. The van der Waals surface area contributed by atoms with Crippen molar-refractivity contribution < 1.29 is 35.9 Å². The van der Waals surface area contributed by atoms with Crippen LogP contribution in [0.4, 0.5) is 23.9 Å². The van der Waals surface area contributed by atoms with Crippen LogP contribution in [0.2, 0.25) is 0 Å². The summed E-state index contributed by atoms with van der Waals surface area (Å²) in [6.07, 6.45) is -2.93. The molecule has 2 aliphatic heterocycles. The molecule has 15 heteroatoms. The number of hydrogen-bond donors (Lipinski definition) is 1. The van der Waals surface area contributed by atoms with Crippen molar-refractivity contribution in [1.29, 1.82) is 0 Å². The number of alkyl halides is 3. The third kappa shape index (κ3) is 7.40. The van der Waals surface area contributed by atoms with Crippen molar-refractivity contribution >= 4 is 22.3 Å². The molecule has 1 aromatic heterocycles. The monoisotopic (exact) mass is 538 g/mol. The first kappa shape index (κ1) is 28.3. The van der Waals surface area contributed by atoms with Crippen molar-refractivity contribution in [3.05, 3.63) is 18.5 Å². The Hall–Kier alpha value is -2.23. The molecule has 2 saturated heterocycles. The molecule has 1 aromatic rings. The summed E-state index contributed by atoms with van der Waals surface area (Å²) in [7, 11) is -1.14. The van der Waals surface area contributed by atoms with Crippen molar-refractivity contribution in [3.63, 3.8) is 0 Å². The molecule has 3 rings (SSSR count). The number of rotatable bonds is 8. The summed E-state index contributed by atoms with van der Waals surface area (Å²) in [4.78, 5) is 24.4. The van der Waals surface area contributed by atoms with E-state index in [1.165, 1.54) is 14.1 Å². The number of carbonyl (C=O) groups is 1. The standard InChI is InChI=1S/C21H33F3N6O5S/c1-15(21(22,23)24)35-20(31)30-11-4-6-17(27-36(32,33)28(2)3)18(30)14-34-16-7-12-29(13-8-16)19-25-9-5-10-26-19/h5,9-10,15-18,27H,4,6-8,11-14H2,1-3H3. The van der Waals surface area contributed by atoms with E-state index >= 15 is 0 Å². The van der Waals surface area contributed by atoms with Crippen LogP contribution in [0.3, 0.4) is 0 Å². The first-order valence-electron chi connectivity index (χ1n) is 11.8. The fourth-order valence-electron chi connectivity index (χ4n) is 4.12. The minimum Gasteiger partial charge on any atom is -0.437 e. The highest BCUT2D eigenvalue weighted by atomic mass is 32.2. The zero-order chi connectivity index (χ0) is 26.5. The van der Waals surface area contributed by atoms with Crippen molar-refractivity contribution in [2.45, 2.75) is 63.1 Å². The first-order valence-corrected chi connectivity index (χ1v) is 13.2. The molecule has 2 aliphatic rings. The SMILES string of the molecule is CC(OC(=O)N1CCCC(NS(=O)(=O)N(C)C)C1COC1CCN(c2ncccn2)CC1)C(F)(F)F. The zero-order valence-electron chi connectivity index (χ0n) is 20.5. The van der Waals surface area contributed by atoms with Crippen LogP contribution in [0, 0.1) is 0 Å². The van der Waals surface area contributed by atoms with E-state index in [0.717, 1.165) is 16.1 Å². The predicted octanol–water partition coefficient (Wildman–Crippen LogP) is 1.78. The second-order valence-electron chi connectivity index (χ2n) is 9.05. The van der Waals surface area contributed by atoms with Crippen LogP contribution in [-0.2, 0) is 19.7 Å². The maximum absolute atomic E-state index is 13.0. The van der Waals surface area contributed by atoms with E-state index in [0.29, 0.717) is 44.7 Å². The van der Waals surface area contributed by atoms with Crippen molar-refractivity contribution in [2.24, 2.45) is 0 Å². The molecule has 0 aliphatic carbocycles. The van der Waals surface area contributed by atoms with Gasteiger partial charge in [-0.3, -0.25) is 0 Å². The molecule has 3 unspecified atom stereocenters. The summed E-state index contributed by atoms with van der Waals surface area (Å²) in [5.41, 5.74) is 0. The number of aromatic nitrogens is 2. The molecule has 0 aromatic carbocycles. The van der Waals surface area contributed by atoms with Gasteiger partial charge in [0, 0.05) is 52.2 Å². The molecule has 0 bridgehead atoms. The lowest BCUT2D eigenvalue weighted by atomic mass is 9.97. The van der Waals surface area contributed by atoms with E-state index in [-0.39, 0.29) is 19.3 Å². The average Bonchev–Trinajstić information content (AvgIpc) is 2.83. The Morgan fingerprint density at radius 2 is 1.83 bits per heavy atom. The van der Waals surface area contributed by atoms with E-state index < -0.39 is 40.7 Å². The van der Waals surface area contributed by atoms with Gasteiger partial charge in [-0.2, -0.15) is 30.6 Å². The van der Waals surface area contributed by atoms with Crippen LogP contribution >= 0.6 is 0 Å². The molecule has 3 heterocycles.